The van der Waals surface area contributed by atoms with Crippen LogP contribution in [0.4, 0.5) is 5.69 Å². The zero-order chi connectivity index (χ0) is 18.1. The van der Waals surface area contributed by atoms with Gasteiger partial charge in [0.2, 0.25) is 5.16 Å². The maximum absolute atomic E-state index is 12.5. The first-order valence-electron chi connectivity index (χ1n) is 7.97. The zero-order valence-electron chi connectivity index (χ0n) is 13.5. The van der Waals surface area contributed by atoms with Crippen LogP contribution in [0.3, 0.4) is 0 Å². The van der Waals surface area contributed by atoms with Crippen LogP contribution in [0.25, 0.3) is 0 Å². The molecule has 0 radical (unpaired) electrons. The Morgan fingerprint density at radius 1 is 1.15 bits per heavy atom. The van der Waals surface area contributed by atoms with E-state index in [1.165, 1.54) is 6.07 Å². The quantitative estimate of drug-likeness (QED) is 0.374. The molecular weight excluding hydrogens is 354 g/mol. The molecule has 1 heterocycles. The van der Waals surface area contributed by atoms with Crippen molar-refractivity contribution >= 4 is 23.2 Å². The highest BCUT2D eigenvalue weighted by atomic mass is 32.2. The number of carbonyl (C=O) groups is 1. The molecule has 9 heteroatoms. The molecule has 0 saturated heterocycles. The fourth-order valence-corrected chi connectivity index (χ4v) is 3.47. The Kier molecular flexibility index (Phi) is 4.21. The first-order chi connectivity index (χ1) is 12.6. The Bertz CT molecular complexity index is 985. The molecule has 0 unspecified atom stereocenters. The van der Waals surface area contributed by atoms with Crippen molar-refractivity contribution < 1.29 is 9.72 Å². The highest BCUT2D eigenvalue weighted by molar-refractivity contribution is 7.99. The number of tetrazole rings is 1. The number of hydrogen-bond donors (Lipinski definition) is 0. The molecule has 0 amide bonds. The van der Waals surface area contributed by atoms with Crippen molar-refractivity contribution in [3.8, 4) is 0 Å². The second kappa shape index (κ2) is 6.68. The number of ketones is 1. The van der Waals surface area contributed by atoms with E-state index in [-0.39, 0.29) is 23.1 Å². The lowest BCUT2D eigenvalue weighted by Crippen LogP contribution is -2.03. The van der Waals surface area contributed by atoms with E-state index >= 15 is 0 Å². The van der Waals surface area contributed by atoms with Gasteiger partial charge < -0.3 is 0 Å². The summed E-state index contributed by atoms with van der Waals surface area (Å²) in [6, 6.07) is 13.4. The van der Waals surface area contributed by atoms with Gasteiger partial charge >= 0.3 is 0 Å². The molecule has 1 aliphatic rings. The van der Waals surface area contributed by atoms with E-state index < -0.39 is 4.92 Å². The first kappa shape index (κ1) is 16.4. The van der Waals surface area contributed by atoms with Crippen molar-refractivity contribution in [1.29, 1.82) is 0 Å². The molecule has 130 valence electrons. The van der Waals surface area contributed by atoms with Gasteiger partial charge in [-0.1, -0.05) is 30.3 Å². The Morgan fingerprint density at radius 3 is 2.62 bits per heavy atom. The lowest BCUT2D eigenvalue weighted by atomic mass is 10.0. The van der Waals surface area contributed by atoms with E-state index in [2.05, 4.69) is 15.5 Å². The third-order valence-corrected chi connectivity index (χ3v) is 5.03. The third-order valence-electron chi connectivity index (χ3n) is 4.01. The highest BCUT2D eigenvalue weighted by Crippen LogP contribution is 2.40. The minimum absolute atomic E-state index is 0.137. The second-order valence-corrected chi connectivity index (χ2v) is 6.88. The van der Waals surface area contributed by atoms with Crippen LogP contribution in [0, 0.1) is 10.1 Å². The molecule has 0 bridgehead atoms. The van der Waals surface area contributed by atoms with Gasteiger partial charge in [0.05, 0.1) is 15.9 Å². The molecular formula is C17H13N5O3S. The summed E-state index contributed by atoms with van der Waals surface area (Å²) in [5.74, 6) is -0.256. The van der Waals surface area contributed by atoms with Crippen LogP contribution in [0.1, 0.15) is 34.8 Å². The lowest BCUT2D eigenvalue weighted by Gasteiger charge is -2.06. The largest absolute Gasteiger partial charge is 0.289 e. The van der Waals surface area contributed by atoms with E-state index in [0.29, 0.717) is 15.6 Å². The summed E-state index contributed by atoms with van der Waals surface area (Å²) in [6.07, 6.45) is 2.01. The molecule has 1 fully saturated rings. The summed E-state index contributed by atoms with van der Waals surface area (Å²) in [4.78, 5) is 24.0. The molecule has 1 aliphatic carbocycles. The summed E-state index contributed by atoms with van der Waals surface area (Å²) in [5.41, 5.74) is 0.621. The smallest absolute Gasteiger partial charge is 0.284 e. The average Bonchev–Trinajstić information content (AvgIpc) is 3.41. The van der Waals surface area contributed by atoms with E-state index in [0.717, 1.165) is 24.6 Å². The molecule has 0 atom stereocenters. The predicted octanol–water partition coefficient (Wildman–Crippen LogP) is 3.30. The number of carbonyl (C=O) groups excluding carboxylic acids is 1. The van der Waals surface area contributed by atoms with Crippen LogP contribution in [-0.4, -0.2) is 30.9 Å². The van der Waals surface area contributed by atoms with Crippen molar-refractivity contribution in [3.05, 3.63) is 69.8 Å². The molecule has 3 aromatic rings. The molecule has 2 aromatic carbocycles. The zero-order valence-corrected chi connectivity index (χ0v) is 14.3. The normalized spacial score (nSPS) is 13.5. The molecule has 0 aliphatic heterocycles. The number of aromatic nitrogens is 4. The van der Waals surface area contributed by atoms with Crippen LogP contribution in [0.5, 0.6) is 0 Å². The van der Waals surface area contributed by atoms with Crippen LogP contribution in [0.2, 0.25) is 0 Å². The standard InChI is InChI=1S/C17H13N5O3S/c23-16(11-4-2-1-3-5-11)12-6-9-15(14(10-12)22(24)25)26-17-18-19-20-21(17)13-7-8-13/h1-6,9-10,13H,7-8H2. The van der Waals surface area contributed by atoms with Gasteiger partial charge in [0.25, 0.3) is 5.69 Å². The molecule has 1 aromatic heterocycles. The minimum atomic E-state index is -0.491. The fraction of sp³-hybridized carbons (Fsp3) is 0.176. The van der Waals surface area contributed by atoms with Crippen molar-refractivity contribution in [3.63, 3.8) is 0 Å². The van der Waals surface area contributed by atoms with Gasteiger partial charge in [-0.15, -0.1) is 5.10 Å². The SMILES string of the molecule is O=C(c1ccccc1)c1ccc(Sc2nnnn2C2CC2)c([N+](=O)[O-])c1. The summed E-state index contributed by atoms with van der Waals surface area (Å²) >= 11 is 1.13. The van der Waals surface area contributed by atoms with Gasteiger partial charge in [0, 0.05) is 17.2 Å². The second-order valence-electron chi connectivity index (χ2n) is 5.87. The molecule has 1 saturated carbocycles. The Labute approximate surface area is 152 Å². The summed E-state index contributed by atoms with van der Waals surface area (Å²) in [5, 5.41) is 23.6. The topological polar surface area (TPSA) is 104 Å². The Morgan fingerprint density at radius 2 is 1.92 bits per heavy atom. The number of nitro benzene ring substituents is 1. The van der Waals surface area contributed by atoms with Gasteiger partial charge in [-0.05, 0) is 47.2 Å². The lowest BCUT2D eigenvalue weighted by molar-refractivity contribution is -0.387. The number of nitro groups is 1. The molecule has 0 N–H and O–H groups in total. The van der Waals surface area contributed by atoms with E-state index in [1.54, 1.807) is 41.1 Å². The summed E-state index contributed by atoms with van der Waals surface area (Å²) in [7, 11) is 0. The van der Waals surface area contributed by atoms with Crippen LogP contribution in [-0.2, 0) is 0 Å². The van der Waals surface area contributed by atoms with Crippen molar-refractivity contribution in [2.24, 2.45) is 0 Å². The van der Waals surface area contributed by atoms with Gasteiger partial charge in [0.1, 0.15) is 0 Å². The van der Waals surface area contributed by atoms with Crippen LogP contribution < -0.4 is 0 Å². The third kappa shape index (κ3) is 3.21. The molecule has 8 nitrogen and oxygen atoms in total. The van der Waals surface area contributed by atoms with Crippen LogP contribution in [0.15, 0.2) is 58.6 Å². The van der Waals surface area contributed by atoms with E-state index in [1.807, 2.05) is 6.07 Å². The molecule has 26 heavy (non-hydrogen) atoms. The van der Waals surface area contributed by atoms with E-state index in [9.17, 15) is 14.9 Å². The van der Waals surface area contributed by atoms with Gasteiger partial charge in [-0.2, -0.15) is 0 Å². The Balaban J connectivity index is 1.67. The Hall–Kier alpha value is -3.07. The van der Waals surface area contributed by atoms with E-state index in [4.69, 9.17) is 0 Å². The monoisotopic (exact) mass is 367 g/mol. The number of hydrogen-bond acceptors (Lipinski definition) is 7. The highest BCUT2D eigenvalue weighted by Gasteiger charge is 2.29. The maximum Gasteiger partial charge on any atom is 0.284 e. The summed E-state index contributed by atoms with van der Waals surface area (Å²) < 4.78 is 1.69. The van der Waals surface area contributed by atoms with Crippen LogP contribution >= 0.6 is 11.8 Å². The predicted molar refractivity (Wildman–Crippen MR) is 93.2 cm³/mol. The number of rotatable bonds is 6. The minimum Gasteiger partial charge on any atom is -0.289 e. The molecule has 4 rings (SSSR count). The van der Waals surface area contributed by atoms with Gasteiger partial charge in [0.15, 0.2) is 5.78 Å². The van der Waals surface area contributed by atoms with Gasteiger partial charge in [-0.25, -0.2) is 4.68 Å². The first-order valence-corrected chi connectivity index (χ1v) is 8.79. The average molecular weight is 367 g/mol. The number of benzene rings is 2. The maximum atomic E-state index is 12.5. The molecule has 0 spiro atoms. The van der Waals surface area contributed by atoms with Gasteiger partial charge in [-0.3, -0.25) is 14.9 Å². The number of nitrogens with zero attached hydrogens (tertiary/aromatic N) is 5. The fourth-order valence-electron chi connectivity index (χ4n) is 2.54. The van der Waals surface area contributed by atoms with Crippen molar-refractivity contribution in [2.75, 3.05) is 0 Å². The van der Waals surface area contributed by atoms with Crippen molar-refractivity contribution in [2.45, 2.75) is 28.9 Å². The van der Waals surface area contributed by atoms with Crippen molar-refractivity contribution in [1.82, 2.24) is 20.2 Å². The summed E-state index contributed by atoms with van der Waals surface area (Å²) in [6.45, 7) is 0.